The van der Waals surface area contributed by atoms with E-state index in [-0.39, 0.29) is 5.75 Å². The lowest BCUT2D eigenvalue weighted by atomic mass is 9.97. The minimum Gasteiger partial charge on any atom is -0.494 e. The Morgan fingerprint density at radius 1 is 1.00 bits per heavy atom. The van der Waals surface area contributed by atoms with Gasteiger partial charge < -0.3 is 4.74 Å². The van der Waals surface area contributed by atoms with E-state index in [0.29, 0.717) is 5.56 Å². The number of halogens is 1. The Morgan fingerprint density at radius 3 is 2.52 bits per heavy atom. The van der Waals surface area contributed by atoms with E-state index in [9.17, 15) is 9.65 Å². The number of methoxy groups -OCH3 is 1. The van der Waals surface area contributed by atoms with Crippen molar-refractivity contribution in [2.45, 2.75) is 0 Å². The summed E-state index contributed by atoms with van der Waals surface area (Å²) in [6.45, 7) is 0. The number of hydrogen-bond acceptors (Lipinski definition) is 2. The number of rotatable bonds is 2. The van der Waals surface area contributed by atoms with E-state index >= 15 is 0 Å². The Morgan fingerprint density at radius 2 is 1.81 bits per heavy atom. The van der Waals surface area contributed by atoms with Crippen LogP contribution in [0.2, 0.25) is 0 Å². The second kappa shape index (κ2) is 5.26. The summed E-state index contributed by atoms with van der Waals surface area (Å²) >= 11 is 0. The highest BCUT2D eigenvalue weighted by atomic mass is 19.1. The largest absolute Gasteiger partial charge is 0.494 e. The molecule has 3 aromatic rings. The fourth-order valence-electron chi connectivity index (χ4n) is 2.42. The zero-order chi connectivity index (χ0) is 14.8. The van der Waals surface area contributed by atoms with Crippen molar-refractivity contribution >= 4 is 10.8 Å². The number of nitrogens with zero attached hydrogens (tertiary/aromatic N) is 1. The molecule has 0 fully saturated rings. The molecule has 0 aliphatic heterocycles. The van der Waals surface area contributed by atoms with Crippen LogP contribution in [0.4, 0.5) is 4.39 Å². The first-order valence-corrected chi connectivity index (χ1v) is 6.50. The van der Waals surface area contributed by atoms with Gasteiger partial charge in [0, 0.05) is 0 Å². The van der Waals surface area contributed by atoms with Crippen LogP contribution in [0.5, 0.6) is 5.75 Å². The molecule has 0 spiro atoms. The van der Waals surface area contributed by atoms with Crippen molar-refractivity contribution in [2.24, 2.45) is 0 Å². The summed E-state index contributed by atoms with van der Waals surface area (Å²) in [6, 6.07) is 18.4. The van der Waals surface area contributed by atoms with Gasteiger partial charge in [-0.15, -0.1) is 0 Å². The summed E-state index contributed by atoms with van der Waals surface area (Å²) in [5.74, 6) is -0.207. The zero-order valence-corrected chi connectivity index (χ0v) is 11.4. The molecule has 0 radical (unpaired) electrons. The average molecular weight is 277 g/mol. The molecule has 3 rings (SSSR count). The predicted molar refractivity (Wildman–Crippen MR) is 80.6 cm³/mol. The van der Waals surface area contributed by atoms with E-state index in [0.717, 1.165) is 21.9 Å². The molecular weight excluding hydrogens is 265 g/mol. The second-order valence-corrected chi connectivity index (χ2v) is 4.71. The van der Waals surface area contributed by atoms with Crippen LogP contribution < -0.4 is 4.74 Å². The van der Waals surface area contributed by atoms with Gasteiger partial charge in [0.15, 0.2) is 11.6 Å². The maximum Gasteiger partial charge on any atom is 0.165 e. The van der Waals surface area contributed by atoms with Gasteiger partial charge in [-0.1, -0.05) is 30.3 Å². The van der Waals surface area contributed by atoms with Crippen molar-refractivity contribution in [1.82, 2.24) is 0 Å². The molecule has 0 atom stereocenters. The van der Waals surface area contributed by atoms with Crippen molar-refractivity contribution in [3.63, 3.8) is 0 Å². The van der Waals surface area contributed by atoms with E-state index in [1.54, 1.807) is 18.2 Å². The quantitative estimate of drug-likeness (QED) is 0.689. The molecule has 0 aliphatic carbocycles. The molecule has 3 aromatic carbocycles. The first kappa shape index (κ1) is 13.1. The van der Waals surface area contributed by atoms with Gasteiger partial charge in [-0.3, -0.25) is 0 Å². The number of fused-ring (bicyclic) bond motifs is 1. The van der Waals surface area contributed by atoms with Crippen LogP contribution >= 0.6 is 0 Å². The summed E-state index contributed by atoms with van der Waals surface area (Å²) in [7, 11) is 1.43. The lowest BCUT2D eigenvalue weighted by Crippen LogP contribution is -1.89. The maximum atomic E-state index is 13.8. The third kappa shape index (κ3) is 2.32. The Kier molecular flexibility index (Phi) is 3.29. The number of ether oxygens (including phenoxy) is 1. The molecule has 0 heterocycles. The molecule has 0 aliphatic rings. The molecular formula is C18H12FNO. The molecule has 21 heavy (non-hydrogen) atoms. The van der Waals surface area contributed by atoms with Gasteiger partial charge in [-0.05, 0) is 46.2 Å². The second-order valence-electron chi connectivity index (χ2n) is 4.71. The van der Waals surface area contributed by atoms with Crippen molar-refractivity contribution in [3.05, 3.63) is 66.0 Å². The van der Waals surface area contributed by atoms with Gasteiger partial charge in [0.2, 0.25) is 0 Å². The van der Waals surface area contributed by atoms with E-state index in [4.69, 9.17) is 4.74 Å². The standard InChI is InChI=1S/C18H12FNO/c1-21-18-7-6-12(10-17(18)19)14-8-13-4-2-3-5-16(13)15(9-14)11-20/h2-10H,1H3. The summed E-state index contributed by atoms with van der Waals surface area (Å²) < 4.78 is 18.8. The SMILES string of the molecule is COc1ccc(-c2cc(C#N)c3ccccc3c2)cc1F. The molecule has 0 bridgehead atoms. The highest BCUT2D eigenvalue weighted by Gasteiger charge is 2.08. The highest BCUT2D eigenvalue weighted by Crippen LogP contribution is 2.30. The lowest BCUT2D eigenvalue weighted by molar-refractivity contribution is 0.386. The maximum absolute atomic E-state index is 13.8. The van der Waals surface area contributed by atoms with Crippen LogP contribution in [-0.2, 0) is 0 Å². The van der Waals surface area contributed by atoms with Gasteiger partial charge in [-0.25, -0.2) is 4.39 Å². The van der Waals surface area contributed by atoms with E-state index in [1.807, 2.05) is 30.3 Å². The summed E-state index contributed by atoms with van der Waals surface area (Å²) in [6.07, 6.45) is 0. The Labute approximate surface area is 122 Å². The van der Waals surface area contributed by atoms with Crippen LogP contribution in [0.25, 0.3) is 21.9 Å². The lowest BCUT2D eigenvalue weighted by Gasteiger charge is -2.08. The smallest absolute Gasteiger partial charge is 0.165 e. The van der Waals surface area contributed by atoms with Crippen LogP contribution in [0.15, 0.2) is 54.6 Å². The third-order valence-corrected chi connectivity index (χ3v) is 3.47. The normalized spacial score (nSPS) is 10.3. The summed E-state index contributed by atoms with van der Waals surface area (Å²) in [4.78, 5) is 0. The van der Waals surface area contributed by atoms with Gasteiger partial charge in [0.05, 0.1) is 18.7 Å². The third-order valence-electron chi connectivity index (χ3n) is 3.47. The highest BCUT2D eigenvalue weighted by molar-refractivity contribution is 5.92. The Balaban J connectivity index is 2.21. The Hall–Kier alpha value is -2.86. The first-order chi connectivity index (χ1) is 10.2. The van der Waals surface area contributed by atoms with Crippen molar-refractivity contribution in [2.75, 3.05) is 7.11 Å². The van der Waals surface area contributed by atoms with E-state index in [1.165, 1.54) is 13.2 Å². The fourth-order valence-corrected chi connectivity index (χ4v) is 2.42. The molecule has 0 amide bonds. The summed E-state index contributed by atoms with van der Waals surface area (Å²) in [5, 5.41) is 11.2. The number of nitriles is 1. The average Bonchev–Trinajstić information content (AvgIpc) is 2.53. The molecule has 0 saturated carbocycles. The molecule has 0 aromatic heterocycles. The van der Waals surface area contributed by atoms with Crippen LogP contribution in [-0.4, -0.2) is 7.11 Å². The van der Waals surface area contributed by atoms with Gasteiger partial charge in [0.1, 0.15) is 0 Å². The summed E-state index contributed by atoms with van der Waals surface area (Å²) in [5.41, 5.74) is 2.11. The molecule has 0 N–H and O–H groups in total. The van der Waals surface area contributed by atoms with Crippen LogP contribution in [0.3, 0.4) is 0 Å². The molecule has 0 unspecified atom stereocenters. The van der Waals surface area contributed by atoms with E-state index in [2.05, 4.69) is 6.07 Å². The number of benzene rings is 3. The minimum atomic E-state index is -0.415. The predicted octanol–water partition coefficient (Wildman–Crippen LogP) is 4.53. The Bertz CT molecular complexity index is 865. The van der Waals surface area contributed by atoms with Crippen molar-refractivity contribution < 1.29 is 9.13 Å². The van der Waals surface area contributed by atoms with E-state index < -0.39 is 5.82 Å². The topological polar surface area (TPSA) is 33.0 Å². The van der Waals surface area contributed by atoms with Gasteiger partial charge >= 0.3 is 0 Å². The number of hydrogen-bond donors (Lipinski definition) is 0. The van der Waals surface area contributed by atoms with Gasteiger partial charge in [-0.2, -0.15) is 5.26 Å². The zero-order valence-electron chi connectivity index (χ0n) is 11.4. The van der Waals surface area contributed by atoms with Crippen LogP contribution in [0.1, 0.15) is 5.56 Å². The van der Waals surface area contributed by atoms with Crippen LogP contribution in [0, 0.1) is 17.1 Å². The first-order valence-electron chi connectivity index (χ1n) is 6.50. The monoisotopic (exact) mass is 277 g/mol. The minimum absolute atomic E-state index is 0.208. The molecule has 0 saturated heterocycles. The van der Waals surface area contributed by atoms with Crippen molar-refractivity contribution in [3.8, 4) is 22.9 Å². The van der Waals surface area contributed by atoms with Gasteiger partial charge in [0.25, 0.3) is 0 Å². The molecule has 2 nitrogen and oxygen atoms in total. The molecule has 102 valence electrons. The van der Waals surface area contributed by atoms with Crippen molar-refractivity contribution in [1.29, 1.82) is 5.26 Å². The molecule has 3 heteroatoms. The fraction of sp³-hybridized carbons (Fsp3) is 0.0556.